The second-order valence-electron chi connectivity index (χ2n) is 8.91. The molecule has 4 aromatic rings. The van der Waals surface area contributed by atoms with E-state index in [0.717, 1.165) is 28.8 Å². The van der Waals surface area contributed by atoms with E-state index in [9.17, 15) is 40.1 Å². The zero-order valence-electron chi connectivity index (χ0n) is 22.2. The van der Waals surface area contributed by atoms with Crippen LogP contribution < -0.4 is 40.1 Å². The summed E-state index contributed by atoms with van der Waals surface area (Å²) in [4.78, 5) is 24.9. The van der Waals surface area contributed by atoms with Gasteiger partial charge in [0, 0.05) is 36.8 Å². The molecule has 13 heteroatoms. The summed E-state index contributed by atoms with van der Waals surface area (Å²) in [6.45, 7) is 1.88. The Morgan fingerprint density at radius 2 is 1.54 bits per heavy atom. The van der Waals surface area contributed by atoms with E-state index in [2.05, 4.69) is 0 Å². The first kappa shape index (κ1) is 32.2. The molecule has 3 aromatic carbocycles. The van der Waals surface area contributed by atoms with Crippen molar-refractivity contribution < 1.29 is 69.3 Å². The van der Waals surface area contributed by atoms with Gasteiger partial charge in [0.1, 0.15) is 26.2 Å². The average molecular weight is 598 g/mol. The van der Waals surface area contributed by atoms with Crippen molar-refractivity contribution in [3.8, 4) is 0 Å². The number of halogens is 4. The minimum Gasteiger partial charge on any atom is -0.744 e. The van der Waals surface area contributed by atoms with Crippen LogP contribution in [0.5, 0.6) is 0 Å². The number of fused-ring (bicyclic) bond motifs is 1. The molecule has 0 radical (unpaired) electrons. The fourth-order valence-electron chi connectivity index (χ4n) is 4.20. The first-order valence-corrected chi connectivity index (χ1v) is 13.1. The molecule has 0 unspecified atom stereocenters. The van der Waals surface area contributed by atoms with Gasteiger partial charge in [-0.05, 0) is 35.8 Å². The summed E-state index contributed by atoms with van der Waals surface area (Å²) in [6, 6.07) is 10.4. The van der Waals surface area contributed by atoms with E-state index in [0.29, 0.717) is 23.1 Å². The minimum atomic E-state index is -5.91. The average Bonchev–Trinajstić information content (AvgIpc) is 2.89. The van der Waals surface area contributed by atoms with E-state index >= 15 is 0 Å². The number of nitrogens with zero attached hydrogens (tertiary/aromatic N) is 1. The van der Waals surface area contributed by atoms with Crippen molar-refractivity contribution in [2.75, 3.05) is 19.0 Å². The van der Waals surface area contributed by atoms with Gasteiger partial charge in [0.15, 0.2) is 29.1 Å². The molecule has 0 N–H and O–H groups in total. The Morgan fingerprint density at radius 3 is 2.05 bits per heavy atom. The van der Waals surface area contributed by atoms with Gasteiger partial charge in [-0.1, -0.05) is 37.3 Å². The van der Waals surface area contributed by atoms with E-state index in [4.69, 9.17) is 4.42 Å². The van der Waals surface area contributed by atoms with Crippen LogP contribution in [0.4, 0.5) is 23.2 Å². The first-order chi connectivity index (χ1) is 18.8. The van der Waals surface area contributed by atoms with Gasteiger partial charge in [-0.3, -0.25) is 4.79 Å². The van der Waals surface area contributed by atoms with Gasteiger partial charge in [-0.2, -0.15) is 0 Å². The summed E-state index contributed by atoms with van der Waals surface area (Å²) in [5, 5.41) is 0.757. The molecular formula is C28H20F4NNaO6S. The molecule has 0 aliphatic rings. The molecule has 0 saturated carbocycles. The maximum Gasteiger partial charge on any atom is 1.00 e. The molecular weight excluding hydrogens is 577 g/mol. The number of ketones is 1. The summed E-state index contributed by atoms with van der Waals surface area (Å²) < 4.78 is 95.5. The number of aryl methyl sites for hydroxylation is 1. The van der Waals surface area contributed by atoms with Crippen LogP contribution in [0.3, 0.4) is 0 Å². The van der Waals surface area contributed by atoms with E-state index in [1.807, 2.05) is 38.1 Å². The third-order valence-corrected chi connectivity index (χ3v) is 7.08. The maximum absolute atomic E-state index is 14.4. The predicted octanol–water partition coefficient (Wildman–Crippen LogP) is 2.29. The van der Waals surface area contributed by atoms with Crippen molar-refractivity contribution in [2.24, 2.45) is 0 Å². The second kappa shape index (κ2) is 12.3. The number of benzene rings is 3. The van der Waals surface area contributed by atoms with Crippen LogP contribution in [0.1, 0.15) is 39.5 Å². The molecule has 208 valence electrons. The number of hydrogen-bond acceptors (Lipinski definition) is 7. The van der Waals surface area contributed by atoms with Crippen LogP contribution >= 0.6 is 0 Å². The number of anilines is 1. The Bertz CT molecular complexity index is 1840. The van der Waals surface area contributed by atoms with Crippen LogP contribution in [0, 0.1) is 23.3 Å². The predicted molar refractivity (Wildman–Crippen MR) is 139 cm³/mol. The molecule has 0 aliphatic heterocycles. The number of carbonyl (C=O) groups excluding carboxylic acids is 1. The minimum absolute atomic E-state index is 0. The van der Waals surface area contributed by atoms with Gasteiger partial charge < -0.3 is 13.9 Å². The van der Waals surface area contributed by atoms with Crippen molar-refractivity contribution in [1.82, 2.24) is 0 Å². The second-order valence-corrected chi connectivity index (χ2v) is 10.2. The Morgan fingerprint density at radius 1 is 0.951 bits per heavy atom. The Balaban J connectivity index is 0.00000462. The van der Waals surface area contributed by atoms with Gasteiger partial charge in [0.2, 0.25) is 0 Å². The summed E-state index contributed by atoms with van der Waals surface area (Å²) in [6.07, 6.45) is 3.58. The zero-order chi connectivity index (χ0) is 29.5. The number of hydrogen-bond donors (Lipinski definition) is 0. The van der Waals surface area contributed by atoms with Crippen LogP contribution in [0.25, 0.3) is 23.1 Å². The van der Waals surface area contributed by atoms with Crippen molar-refractivity contribution in [1.29, 1.82) is 0 Å². The molecule has 0 fully saturated rings. The molecule has 1 heterocycles. The summed E-state index contributed by atoms with van der Waals surface area (Å²) in [5.41, 5.74) is 0.143. The van der Waals surface area contributed by atoms with Gasteiger partial charge in [-0.15, -0.1) is 0 Å². The Kier molecular flexibility index (Phi) is 9.66. The SMILES string of the molecule is CCc1c(/C=C/c2ccc(C(=O)c3c(F)c(F)c(S(=O)(=O)[O-])c(F)c3F)cc2)c(=O)oc2cc(N(C)C)ccc12.[Na+]. The van der Waals surface area contributed by atoms with Gasteiger partial charge >= 0.3 is 35.2 Å². The number of rotatable bonds is 7. The third kappa shape index (κ3) is 6.16. The van der Waals surface area contributed by atoms with Crippen molar-refractivity contribution in [3.05, 3.63) is 104 Å². The molecule has 4 rings (SSSR count). The maximum atomic E-state index is 14.4. The van der Waals surface area contributed by atoms with Crippen LogP contribution in [-0.4, -0.2) is 32.8 Å². The van der Waals surface area contributed by atoms with Crippen LogP contribution in [0.15, 0.2) is 56.6 Å². The fourth-order valence-corrected chi connectivity index (χ4v) is 4.81. The topological polar surface area (TPSA) is 108 Å². The normalized spacial score (nSPS) is 11.6. The Labute approximate surface area is 254 Å². The van der Waals surface area contributed by atoms with Crippen molar-refractivity contribution >= 4 is 44.7 Å². The number of carbonyl (C=O) groups is 1. The largest absolute Gasteiger partial charge is 1.00 e. The standard InChI is InChI=1S/C28H21F4NO6S.Na/c1-4-17-18-12-10-16(33(2)3)13-20(18)39-28(35)19(17)11-7-14-5-8-15(9-6-14)26(34)21-22(29)24(31)27(40(36,37)38)25(32)23(21)30;/h5-13H,4H2,1-3H3,(H,36,37,38);/q;+1/p-1/b11-7+;. The van der Waals surface area contributed by atoms with Gasteiger partial charge in [0.25, 0.3) is 0 Å². The monoisotopic (exact) mass is 597 g/mol. The smallest absolute Gasteiger partial charge is 0.744 e. The molecule has 0 atom stereocenters. The van der Waals surface area contributed by atoms with Crippen molar-refractivity contribution in [3.63, 3.8) is 0 Å². The van der Waals surface area contributed by atoms with Crippen molar-refractivity contribution in [2.45, 2.75) is 18.2 Å². The van der Waals surface area contributed by atoms with Gasteiger partial charge in [0.05, 0.1) is 5.56 Å². The molecule has 0 saturated heterocycles. The Hall–Kier alpha value is -3.29. The van der Waals surface area contributed by atoms with Crippen LogP contribution in [0.2, 0.25) is 0 Å². The molecule has 0 amide bonds. The quantitative estimate of drug-likeness (QED) is 0.0804. The summed E-state index contributed by atoms with van der Waals surface area (Å²) in [7, 11) is -2.19. The first-order valence-electron chi connectivity index (χ1n) is 11.7. The molecule has 0 bridgehead atoms. The summed E-state index contributed by atoms with van der Waals surface area (Å²) >= 11 is 0. The van der Waals surface area contributed by atoms with E-state index < -0.39 is 55.3 Å². The third-order valence-electron chi connectivity index (χ3n) is 6.22. The molecule has 1 aromatic heterocycles. The van der Waals surface area contributed by atoms with Gasteiger partial charge in [-0.25, -0.2) is 30.8 Å². The molecule has 0 aliphatic carbocycles. The summed E-state index contributed by atoms with van der Waals surface area (Å²) in [5.74, 6) is -11.1. The molecule has 0 spiro atoms. The van der Waals surface area contributed by atoms with Crippen LogP contribution in [-0.2, 0) is 16.5 Å². The fraction of sp³-hybridized carbons (Fsp3) is 0.143. The molecule has 7 nitrogen and oxygen atoms in total. The van der Waals surface area contributed by atoms with E-state index in [-0.39, 0.29) is 35.1 Å². The molecule has 41 heavy (non-hydrogen) atoms. The van der Waals surface area contributed by atoms with E-state index in [1.54, 1.807) is 6.07 Å². The zero-order valence-corrected chi connectivity index (χ0v) is 25.0. The van der Waals surface area contributed by atoms with E-state index in [1.165, 1.54) is 24.3 Å².